The predicted octanol–water partition coefficient (Wildman–Crippen LogP) is 6.50. The largest absolute Gasteiger partial charge is 0.460 e. The van der Waals surface area contributed by atoms with Crippen LogP contribution in [0.25, 0.3) is 11.0 Å². The highest BCUT2D eigenvalue weighted by Gasteiger charge is 2.22. The van der Waals surface area contributed by atoms with Crippen LogP contribution < -0.4 is 5.32 Å². The van der Waals surface area contributed by atoms with Gasteiger partial charge >= 0.3 is 0 Å². The molecule has 4 aromatic rings. The molecule has 0 spiro atoms. The molecule has 1 atom stereocenters. The maximum atomic E-state index is 12.9. The van der Waals surface area contributed by atoms with E-state index in [0.29, 0.717) is 5.69 Å². The Hall–Kier alpha value is -3.98. The first-order chi connectivity index (χ1) is 18.8. The second kappa shape index (κ2) is 12.7. The number of nitro groups is 1. The van der Waals surface area contributed by atoms with Crippen molar-refractivity contribution in [3.63, 3.8) is 0 Å². The second-order valence-corrected chi connectivity index (χ2v) is 10.1. The van der Waals surface area contributed by atoms with Crippen molar-refractivity contribution in [2.24, 2.45) is 0 Å². The van der Waals surface area contributed by atoms with Gasteiger partial charge in [0, 0.05) is 47.4 Å². The van der Waals surface area contributed by atoms with Gasteiger partial charge in [0.1, 0.15) is 16.9 Å². The summed E-state index contributed by atoms with van der Waals surface area (Å²) < 4.78 is 6.31. The lowest BCUT2D eigenvalue weighted by Gasteiger charge is -2.17. The summed E-state index contributed by atoms with van der Waals surface area (Å²) in [5, 5.41) is 22.5. The molecule has 0 aliphatic rings. The van der Waals surface area contributed by atoms with Gasteiger partial charge in [-0.25, -0.2) is 0 Å². The Morgan fingerprint density at radius 2 is 1.92 bits per heavy atom. The van der Waals surface area contributed by atoms with Crippen LogP contribution >= 0.6 is 0 Å². The smallest absolute Gasteiger partial charge is 0.282 e. The van der Waals surface area contributed by atoms with Crippen molar-refractivity contribution in [1.82, 2.24) is 15.1 Å². The normalized spacial score (nSPS) is 12.2. The average Bonchev–Trinajstić information content (AvgIpc) is 3.54. The van der Waals surface area contributed by atoms with Crippen LogP contribution in [0.3, 0.4) is 0 Å². The Morgan fingerprint density at radius 1 is 1.15 bits per heavy atom. The van der Waals surface area contributed by atoms with Crippen molar-refractivity contribution in [2.75, 3.05) is 25.5 Å². The van der Waals surface area contributed by atoms with Gasteiger partial charge in [-0.15, -0.1) is 0 Å². The van der Waals surface area contributed by atoms with Crippen LogP contribution in [0.15, 0.2) is 53.1 Å². The molecule has 0 aliphatic carbocycles. The lowest BCUT2D eigenvalue weighted by Crippen LogP contribution is -2.24. The summed E-state index contributed by atoms with van der Waals surface area (Å²) in [5.41, 5.74) is 4.78. The molecular formula is C30H37N5O4. The summed E-state index contributed by atoms with van der Waals surface area (Å²) in [5.74, 6) is 0.712. The molecule has 9 heteroatoms. The Kier molecular flexibility index (Phi) is 9.14. The van der Waals surface area contributed by atoms with Gasteiger partial charge < -0.3 is 14.6 Å². The number of carbonyl (C=O) groups excluding carboxylic acids is 1. The number of nitro benzene ring substituents is 1. The number of furan rings is 1. The van der Waals surface area contributed by atoms with Gasteiger partial charge in [-0.05, 0) is 62.6 Å². The molecule has 0 saturated carbocycles. The van der Waals surface area contributed by atoms with Gasteiger partial charge in [0.05, 0.1) is 11.1 Å². The molecule has 0 bridgehead atoms. The molecule has 0 saturated heterocycles. The molecule has 39 heavy (non-hydrogen) atoms. The average molecular weight is 532 g/mol. The van der Waals surface area contributed by atoms with E-state index in [1.165, 1.54) is 23.4 Å². The fourth-order valence-electron chi connectivity index (χ4n) is 4.86. The van der Waals surface area contributed by atoms with Gasteiger partial charge in [-0.3, -0.25) is 20.0 Å². The third-order valence-corrected chi connectivity index (χ3v) is 7.30. The molecule has 0 fully saturated rings. The highest BCUT2D eigenvalue weighted by molar-refractivity contribution is 6.07. The van der Waals surface area contributed by atoms with Crippen LogP contribution in [0.4, 0.5) is 11.4 Å². The molecule has 2 aromatic carbocycles. The third-order valence-electron chi connectivity index (χ3n) is 7.30. The first kappa shape index (κ1) is 28.0. The number of nitrogens with zero attached hydrogens (tertiary/aromatic N) is 3. The number of amides is 1. The second-order valence-electron chi connectivity index (χ2n) is 10.1. The van der Waals surface area contributed by atoms with E-state index in [9.17, 15) is 14.9 Å². The number of fused-ring (bicyclic) bond motifs is 1. The molecule has 2 N–H and O–H groups in total. The standard InChI is InChI=1S/C30H37N5O4/c1-5-9-26-21(19-31-33-26)14-16-34(4)17-15-23-25-18-22(12-13-28(25)39-29(23)20(3)6-2)32-30(36)24-10-7-8-11-27(24)35(37)38/h7-8,10-13,18-20H,5-6,9,14-17H2,1-4H3,(H,31,33)(H,32,36). The van der Waals surface area contributed by atoms with E-state index in [2.05, 4.69) is 48.2 Å². The zero-order chi connectivity index (χ0) is 27.9. The number of hydrogen-bond acceptors (Lipinski definition) is 6. The minimum atomic E-state index is -0.543. The lowest BCUT2D eigenvalue weighted by molar-refractivity contribution is -0.385. The summed E-state index contributed by atoms with van der Waals surface area (Å²) in [7, 11) is 2.13. The summed E-state index contributed by atoms with van der Waals surface area (Å²) in [6, 6.07) is 11.5. The first-order valence-electron chi connectivity index (χ1n) is 13.6. The quantitative estimate of drug-likeness (QED) is 0.150. The van der Waals surface area contributed by atoms with Gasteiger partial charge in [-0.2, -0.15) is 5.10 Å². The Labute approximate surface area is 228 Å². The highest BCUT2D eigenvalue weighted by Crippen LogP contribution is 2.35. The summed E-state index contributed by atoms with van der Waals surface area (Å²) in [6.45, 7) is 8.25. The van der Waals surface area contributed by atoms with E-state index in [1.807, 2.05) is 18.3 Å². The fraction of sp³-hybridized carbons (Fsp3) is 0.400. The number of aromatic amines is 1. The van der Waals surface area contributed by atoms with Crippen molar-refractivity contribution in [3.05, 3.63) is 86.9 Å². The number of likely N-dealkylation sites (N-methyl/N-ethyl adjacent to an activating group) is 1. The molecule has 9 nitrogen and oxygen atoms in total. The number of carbonyl (C=O) groups is 1. The predicted molar refractivity (Wildman–Crippen MR) is 153 cm³/mol. The zero-order valence-electron chi connectivity index (χ0n) is 23.1. The number of para-hydroxylation sites is 1. The Bertz CT molecular complexity index is 1440. The number of anilines is 1. The number of rotatable bonds is 13. The molecule has 2 aromatic heterocycles. The minimum absolute atomic E-state index is 0.0247. The van der Waals surface area contributed by atoms with Crippen LogP contribution in [-0.2, 0) is 19.3 Å². The van der Waals surface area contributed by atoms with Gasteiger partial charge in [0.15, 0.2) is 0 Å². The van der Waals surface area contributed by atoms with Crippen LogP contribution in [0.2, 0.25) is 0 Å². The molecule has 1 amide bonds. The number of benzene rings is 2. The van der Waals surface area contributed by atoms with Crippen molar-refractivity contribution < 1.29 is 14.1 Å². The number of aromatic nitrogens is 2. The summed E-state index contributed by atoms with van der Waals surface area (Å²) in [6.07, 6.45) is 6.72. The van der Waals surface area contributed by atoms with Crippen LogP contribution in [0, 0.1) is 10.1 Å². The number of aryl methyl sites for hydroxylation is 1. The molecule has 1 unspecified atom stereocenters. The molecular weight excluding hydrogens is 494 g/mol. The zero-order valence-corrected chi connectivity index (χ0v) is 23.1. The minimum Gasteiger partial charge on any atom is -0.460 e. The summed E-state index contributed by atoms with van der Waals surface area (Å²) in [4.78, 5) is 26.1. The number of H-pyrrole nitrogens is 1. The van der Waals surface area contributed by atoms with Crippen molar-refractivity contribution >= 4 is 28.3 Å². The molecule has 0 radical (unpaired) electrons. The molecule has 2 heterocycles. The maximum Gasteiger partial charge on any atom is 0.282 e. The molecule has 4 rings (SSSR count). The Balaban J connectivity index is 1.52. The first-order valence-corrected chi connectivity index (χ1v) is 13.6. The SMILES string of the molecule is CCCc1[nH]ncc1CCN(C)CCc1c(C(C)CC)oc2ccc(NC(=O)c3ccccc3[N+](=O)[O-])cc12. The highest BCUT2D eigenvalue weighted by atomic mass is 16.6. The van der Waals surface area contributed by atoms with Gasteiger partial charge in [0.2, 0.25) is 0 Å². The monoisotopic (exact) mass is 531 g/mol. The third kappa shape index (κ3) is 6.54. The summed E-state index contributed by atoms with van der Waals surface area (Å²) >= 11 is 0. The van der Waals surface area contributed by atoms with Crippen molar-refractivity contribution in [2.45, 2.75) is 58.8 Å². The van der Waals surface area contributed by atoms with Gasteiger partial charge in [-0.1, -0.05) is 39.3 Å². The molecule has 206 valence electrons. The van der Waals surface area contributed by atoms with E-state index in [1.54, 1.807) is 18.2 Å². The Morgan fingerprint density at radius 3 is 2.67 bits per heavy atom. The van der Waals surface area contributed by atoms with Crippen molar-refractivity contribution in [3.8, 4) is 0 Å². The van der Waals surface area contributed by atoms with Crippen molar-refractivity contribution in [1.29, 1.82) is 0 Å². The van der Waals surface area contributed by atoms with Crippen LogP contribution in [-0.4, -0.2) is 46.1 Å². The van der Waals surface area contributed by atoms with E-state index >= 15 is 0 Å². The number of nitrogens with one attached hydrogen (secondary N) is 2. The van der Waals surface area contributed by atoms with Crippen LogP contribution in [0.1, 0.15) is 72.5 Å². The topological polar surface area (TPSA) is 117 Å². The van der Waals surface area contributed by atoms with E-state index < -0.39 is 10.8 Å². The number of hydrogen-bond donors (Lipinski definition) is 2. The fourth-order valence-corrected chi connectivity index (χ4v) is 4.86. The van der Waals surface area contributed by atoms with E-state index in [4.69, 9.17) is 4.42 Å². The van der Waals surface area contributed by atoms with E-state index in [0.717, 1.165) is 67.5 Å². The molecule has 0 aliphatic heterocycles. The lowest BCUT2D eigenvalue weighted by atomic mass is 9.98. The van der Waals surface area contributed by atoms with Crippen LogP contribution in [0.5, 0.6) is 0 Å². The van der Waals surface area contributed by atoms with Gasteiger partial charge in [0.25, 0.3) is 11.6 Å². The van der Waals surface area contributed by atoms with E-state index in [-0.39, 0.29) is 17.2 Å². The maximum absolute atomic E-state index is 12.9.